The molecular weight excluding hydrogens is 599 g/mol. The van der Waals surface area contributed by atoms with Crippen molar-refractivity contribution >= 4 is 11.7 Å². The Bertz CT molecular complexity index is 1530. The molecule has 9 heteroatoms. The van der Waals surface area contributed by atoms with Gasteiger partial charge in [0.1, 0.15) is 17.7 Å². The number of ether oxygens (including phenoxy) is 4. The lowest BCUT2D eigenvalue weighted by Crippen LogP contribution is -2.44. The van der Waals surface area contributed by atoms with Gasteiger partial charge in [-0.2, -0.15) is 0 Å². The Morgan fingerprint density at radius 2 is 1.74 bits per heavy atom. The fourth-order valence-electron chi connectivity index (χ4n) is 6.94. The summed E-state index contributed by atoms with van der Waals surface area (Å²) in [7, 11) is 0. The zero-order valence-electron chi connectivity index (χ0n) is 28.0. The number of anilines is 1. The second kappa shape index (κ2) is 13.9. The van der Waals surface area contributed by atoms with Gasteiger partial charge in [-0.05, 0) is 94.2 Å². The van der Waals surface area contributed by atoms with Gasteiger partial charge in [0.2, 0.25) is 0 Å². The third-order valence-electron chi connectivity index (χ3n) is 9.76. The standard InChI is InChI=1S/C38H47FN2O6/c1-25-32(35(36(42)43)47-37(2,3)4)34(41-19-17-38(18-20-41)15-5-16-38)33(31(40-25)24-46-30-22-44-23-30)27-8-12-29(13-9-27)45-21-14-26-6-10-28(39)11-7-26/h6-13,30,35H,5,14-24H2,1-4H3,(H,42,43)/t35-/m0/s1. The second-order valence-electron chi connectivity index (χ2n) is 14.3. The number of benzene rings is 2. The molecule has 252 valence electrons. The second-order valence-corrected chi connectivity index (χ2v) is 14.3. The normalized spacial score (nSPS) is 18.4. The van der Waals surface area contributed by atoms with Gasteiger partial charge in [0.15, 0.2) is 6.10 Å². The Kier molecular flexibility index (Phi) is 9.88. The number of carboxylic acids is 1. The Morgan fingerprint density at radius 1 is 1.06 bits per heavy atom. The molecule has 1 N–H and O–H groups in total. The maximum Gasteiger partial charge on any atom is 0.337 e. The zero-order valence-corrected chi connectivity index (χ0v) is 28.0. The van der Waals surface area contributed by atoms with Crippen molar-refractivity contribution in [1.82, 2.24) is 4.98 Å². The van der Waals surface area contributed by atoms with E-state index in [1.54, 1.807) is 12.1 Å². The molecule has 2 saturated heterocycles. The van der Waals surface area contributed by atoms with Crippen molar-refractivity contribution < 1.29 is 33.2 Å². The number of piperidine rings is 1. The van der Waals surface area contributed by atoms with Crippen LogP contribution in [-0.2, 0) is 32.0 Å². The van der Waals surface area contributed by atoms with E-state index in [9.17, 15) is 14.3 Å². The molecule has 3 fully saturated rings. The number of aliphatic carboxylic acids is 1. The summed E-state index contributed by atoms with van der Waals surface area (Å²) in [4.78, 5) is 20.3. The molecule has 1 aliphatic carbocycles. The van der Waals surface area contributed by atoms with Gasteiger partial charge in [0, 0.05) is 36.3 Å². The number of hydrogen-bond acceptors (Lipinski definition) is 7. The summed E-state index contributed by atoms with van der Waals surface area (Å²) < 4.78 is 37.2. The highest BCUT2D eigenvalue weighted by Gasteiger charge is 2.42. The molecule has 6 rings (SSSR count). The van der Waals surface area contributed by atoms with Crippen molar-refractivity contribution in [2.75, 3.05) is 37.8 Å². The monoisotopic (exact) mass is 646 g/mol. The van der Waals surface area contributed by atoms with E-state index in [1.165, 1.54) is 31.4 Å². The van der Waals surface area contributed by atoms with E-state index < -0.39 is 17.7 Å². The molecule has 8 nitrogen and oxygen atoms in total. The number of aromatic nitrogens is 1. The van der Waals surface area contributed by atoms with Crippen molar-refractivity contribution in [3.63, 3.8) is 0 Å². The Hall–Kier alpha value is -3.53. The summed E-state index contributed by atoms with van der Waals surface area (Å²) in [6.45, 7) is 11.0. The molecule has 1 saturated carbocycles. The van der Waals surface area contributed by atoms with Gasteiger partial charge < -0.3 is 29.0 Å². The first kappa shape index (κ1) is 33.4. The molecule has 2 aromatic carbocycles. The largest absolute Gasteiger partial charge is 0.493 e. The number of rotatable bonds is 12. The van der Waals surface area contributed by atoms with Crippen molar-refractivity contribution in [2.45, 2.75) is 90.6 Å². The van der Waals surface area contributed by atoms with Crippen LogP contribution in [0, 0.1) is 18.2 Å². The van der Waals surface area contributed by atoms with Gasteiger partial charge in [-0.15, -0.1) is 0 Å². The van der Waals surface area contributed by atoms with Crippen LogP contribution in [0.3, 0.4) is 0 Å². The van der Waals surface area contributed by atoms with E-state index >= 15 is 0 Å². The molecule has 3 heterocycles. The van der Waals surface area contributed by atoms with Crippen molar-refractivity contribution in [1.29, 1.82) is 0 Å². The number of aryl methyl sites for hydroxylation is 1. The topological polar surface area (TPSA) is 90.4 Å². The lowest BCUT2D eigenvalue weighted by atomic mass is 9.63. The Morgan fingerprint density at radius 3 is 2.30 bits per heavy atom. The minimum absolute atomic E-state index is 0.00872. The van der Waals surface area contributed by atoms with Crippen molar-refractivity contribution in [3.05, 3.63) is 76.9 Å². The van der Waals surface area contributed by atoms with Crippen LogP contribution in [0.1, 0.15) is 81.5 Å². The highest BCUT2D eigenvalue weighted by atomic mass is 19.1. The summed E-state index contributed by atoms with van der Waals surface area (Å²) in [5.41, 5.74) is 5.38. The van der Waals surface area contributed by atoms with Crippen LogP contribution in [0.4, 0.5) is 10.1 Å². The fraction of sp³-hybridized carbons (Fsp3) is 0.526. The highest BCUT2D eigenvalue weighted by Crippen LogP contribution is 2.51. The summed E-state index contributed by atoms with van der Waals surface area (Å²) in [5, 5.41) is 10.6. The SMILES string of the molecule is Cc1nc(COC2COC2)c(-c2ccc(OCCc3ccc(F)cc3)cc2)c(N2CCC3(CCC3)CC2)c1[C@H](OC(C)(C)C)C(=O)O. The van der Waals surface area contributed by atoms with E-state index in [4.69, 9.17) is 23.9 Å². The smallest absolute Gasteiger partial charge is 0.337 e. The first-order valence-electron chi connectivity index (χ1n) is 16.9. The molecule has 0 bridgehead atoms. The molecule has 3 aromatic rings. The number of nitrogens with zero attached hydrogens (tertiary/aromatic N) is 2. The first-order valence-corrected chi connectivity index (χ1v) is 16.9. The quantitative estimate of drug-likeness (QED) is 0.217. The van der Waals surface area contributed by atoms with Crippen LogP contribution in [0.25, 0.3) is 11.1 Å². The number of hydrogen-bond donors (Lipinski definition) is 1. The summed E-state index contributed by atoms with van der Waals surface area (Å²) in [6, 6.07) is 14.4. The van der Waals surface area contributed by atoms with E-state index in [-0.39, 0.29) is 18.5 Å². The number of carboxylic acid groups (broad SMARTS) is 1. The Balaban J connectivity index is 1.39. The zero-order chi connectivity index (χ0) is 33.2. The van der Waals surface area contributed by atoms with Gasteiger partial charge in [-0.25, -0.2) is 9.18 Å². The van der Waals surface area contributed by atoms with Crippen LogP contribution in [0.2, 0.25) is 0 Å². The van der Waals surface area contributed by atoms with Gasteiger partial charge >= 0.3 is 5.97 Å². The molecular formula is C38H47FN2O6. The minimum Gasteiger partial charge on any atom is -0.493 e. The lowest BCUT2D eigenvalue weighted by molar-refractivity contribution is -0.160. The van der Waals surface area contributed by atoms with Crippen LogP contribution in [-0.4, -0.2) is 60.7 Å². The van der Waals surface area contributed by atoms with E-state index in [1.807, 2.05) is 52.0 Å². The van der Waals surface area contributed by atoms with Gasteiger partial charge in [-0.1, -0.05) is 30.7 Å². The molecule has 0 amide bonds. The number of halogens is 1. The molecule has 1 atom stereocenters. The van der Waals surface area contributed by atoms with Crippen molar-refractivity contribution in [3.8, 4) is 16.9 Å². The molecule has 3 aliphatic rings. The van der Waals surface area contributed by atoms with Crippen LogP contribution in [0.15, 0.2) is 48.5 Å². The summed E-state index contributed by atoms with van der Waals surface area (Å²) in [6.07, 6.45) is 5.46. The average Bonchev–Trinajstić information content (AvgIpc) is 2.99. The molecule has 0 unspecified atom stereocenters. The van der Waals surface area contributed by atoms with Gasteiger partial charge in [0.05, 0.1) is 43.4 Å². The first-order chi connectivity index (χ1) is 22.5. The summed E-state index contributed by atoms with van der Waals surface area (Å²) in [5.74, 6) is -0.576. The van der Waals surface area contributed by atoms with Gasteiger partial charge in [0.25, 0.3) is 0 Å². The number of pyridine rings is 1. The van der Waals surface area contributed by atoms with Crippen LogP contribution >= 0.6 is 0 Å². The minimum atomic E-state index is -1.19. The predicted molar refractivity (Wildman–Crippen MR) is 178 cm³/mol. The molecule has 2 aliphatic heterocycles. The maximum atomic E-state index is 13.3. The highest BCUT2D eigenvalue weighted by molar-refractivity contribution is 5.88. The maximum absolute atomic E-state index is 13.3. The van der Waals surface area contributed by atoms with E-state index in [0.717, 1.165) is 54.0 Å². The van der Waals surface area contributed by atoms with Crippen LogP contribution in [0.5, 0.6) is 5.75 Å². The average molecular weight is 647 g/mol. The molecule has 0 radical (unpaired) electrons. The molecule has 47 heavy (non-hydrogen) atoms. The summed E-state index contributed by atoms with van der Waals surface area (Å²) >= 11 is 0. The molecule has 1 aromatic heterocycles. The third kappa shape index (κ3) is 7.79. The van der Waals surface area contributed by atoms with Crippen LogP contribution < -0.4 is 9.64 Å². The predicted octanol–water partition coefficient (Wildman–Crippen LogP) is 7.44. The fourth-order valence-corrected chi connectivity index (χ4v) is 6.94. The Labute approximate surface area is 277 Å². The number of carbonyl (C=O) groups is 1. The van der Waals surface area contributed by atoms with E-state index in [2.05, 4.69) is 4.90 Å². The van der Waals surface area contributed by atoms with Crippen molar-refractivity contribution in [2.24, 2.45) is 5.41 Å². The lowest BCUT2D eigenvalue weighted by Gasteiger charge is -2.49. The molecule has 1 spiro atoms. The van der Waals surface area contributed by atoms with Gasteiger partial charge in [-0.3, -0.25) is 4.98 Å². The van der Waals surface area contributed by atoms with E-state index in [0.29, 0.717) is 48.7 Å². The third-order valence-corrected chi connectivity index (χ3v) is 9.76.